The molecule has 1 fully saturated rings. The molecule has 1 aromatic carbocycles. The Balaban J connectivity index is 1.62. The van der Waals surface area contributed by atoms with Crippen LogP contribution in [-0.4, -0.2) is 50.7 Å². The van der Waals surface area contributed by atoms with E-state index in [1.807, 2.05) is 37.3 Å². The highest BCUT2D eigenvalue weighted by Crippen LogP contribution is 2.29. The molecule has 140 valence electrons. The summed E-state index contributed by atoms with van der Waals surface area (Å²) >= 11 is 6.15. The Morgan fingerprint density at radius 3 is 2.73 bits per heavy atom. The molecule has 6 nitrogen and oxygen atoms in total. The molecule has 26 heavy (non-hydrogen) atoms. The lowest BCUT2D eigenvalue weighted by Crippen LogP contribution is -2.37. The molecule has 1 saturated heterocycles. The Hall–Kier alpha value is -2.18. The van der Waals surface area contributed by atoms with Crippen LogP contribution in [0, 0.1) is 6.92 Å². The van der Waals surface area contributed by atoms with Gasteiger partial charge >= 0.3 is 0 Å². The summed E-state index contributed by atoms with van der Waals surface area (Å²) in [6, 6.07) is 9.49. The number of amides is 1. The molecule has 1 N–H and O–H groups in total. The maximum atomic E-state index is 12.5. The summed E-state index contributed by atoms with van der Waals surface area (Å²) in [5.41, 5.74) is 1.89. The van der Waals surface area contributed by atoms with Crippen molar-refractivity contribution in [2.24, 2.45) is 0 Å². The van der Waals surface area contributed by atoms with Gasteiger partial charge in [-0.15, -0.1) is 0 Å². The zero-order valence-electron chi connectivity index (χ0n) is 15.1. The number of halogens is 1. The fourth-order valence-electron chi connectivity index (χ4n) is 2.93. The molecule has 0 spiro atoms. The molecule has 2 aromatic rings. The molecule has 0 aliphatic carbocycles. The van der Waals surface area contributed by atoms with Crippen LogP contribution in [0.4, 0.5) is 11.4 Å². The second-order valence-electron chi connectivity index (χ2n) is 6.38. The van der Waals surface area contributed by atoms with E-state index in [0.29, 0.717) is 24.8 Å². The molecule has 2 heterocycles. The number of rotatable bonds is 6. The van der Waals surface area contributed by atoms with Gasteiger partial charge in [-0.3, -0.25) is 4.79 Å². The third-order valence-electron chi connectivity index (χ3n) is 4.36. The average molecular weight is 378 g/mol. The Labute approximate surface area is 158 Å². The number of furan rings is 1. The second-order valence-corrected chi connectivity index (χ2v) is 6.81. The maximum absolute atomic E-state index is 12.5. The fraction of sp³-hybridized carbons (Fsp3) is 0.421. The average Bonchev–Trinajstić information content (AvgIpc) is 3.05. The summed E-state index contributed by atoms with van der Waals surface area (Å²) in [5, 5.41) is 3.87. The summed E-state index contributed by atoms with van der Waals surface area (Å²) in [6.45, 7) is 5.57. The SMILES string of the molecule is Cc1ccc(CN(C)C(=O)CNc2cc(Cl)ccc2N2CCOCC2)o1. The van der Waals surface area contributed by atoms with Crippen LogP contribution in [0.2, 0.25) is 5.02 Å². The summed E-state index contributed by atoms with van der Waals surface area (Å²) < 4.78 is 10.9. The summed E-state index contributed by atoms with van der Waals surface area (Å²) in [6.07, 6.45) is 0. The number of carbonyl (C=O) groups excluding carboxylic acids is 1. The van der Waals surface area contributed by atoms with Crippen molar-refractivity contribution >= 4 is 28.9 Å². The lowest BCUT2D eigenvalue weighted by Gasteiger charge is -2.31. The number of benzene rings is 1. The van der Waals surface area contributed by atoms with Gasteiger partial charge in [0.05, 0.1) is 37.7 Å². The van der Waals surface area contributed by atoms with Crippen LogP contribution >= 0.6 is 11.6 Å². The maximum Gasteiger partial charge on any atom is 0.242 e. The van der Waals surface area contributed by atoms with Gasteiger partial charge in [-0.2, -0.15) is 0 Å². The molecule has 0 radical (unpaired) electrons. The van der Waals surface area contributed by atoms with Gasteiger partial charge in [0.25, 0.3) is 0 Å². The third-order valence-corrected chi connectivity index (χ3v) is 4.59. The van der Waals surface area contributed by atoms with Crippen LogP contribution < -0.4 is 10.2 Å². The Morgan fingerprint density at radius 2 is 2.04 bits per heavy atom. The Kier molecular flexibility index (Phi) is 6.06. The van der Waals surface area contributed by atoms with Gasteiger partial charge in [0.1, 0.15) is 11.5 Å². The molecule has 0 unspecified atom stereocenters. The third kappa shape index (κ3) is 4.71. The largest absolute Gasteiger partial charge is 0.464 e. The fourth-order valence-corrected chi connectivity index (χ4v) is 3.10. The molecular weight excluding hydrogens is 354 g/mol. The first-order valence-electron chi connectivity index (χ1n) is 8.68. The van der Waals surface area contributed by atoms with E-state index < -0.39 is 0 Å². The van der Waals surface area contributed by atoms with Gasteiger partial charge < -0.3 is 24.3 Å². The van der Waals surface area contributed by atoms with Crippen LogP contribution in [0.5, 0.6) is 0 Å². The first-order chi connectivity index (χ1) is 12.5. The van der Waals surface area contributed by atoms with Gasteiger partial charge in [0, 0.05) is 25.2 Å². The number of carbonyl (C=O) groups is 1. The standard InChI is InChI=1S/C19H24ClN3O3/c1-14-3-5-16(26-14)13-22(2)19(24)12-21-17-11-15(20)4-6-18(17)23-7-9-25-10-8-23/h3-6,11,21H,7-10,12-13H2,1-2H3. The van der Waals surface area contributed by atoms with Crippen molar-refractivity contribution < 1.29 is 13.9 Å². The number of likely N-dealkylation sites (N-methyl/N-ethyl adjacent to an activating group) is 1. The van der Waals surface area contributed by atoms with E-state index in [9.17, 15) is 4.79 Å². The second kappa shape index (κ2) is 8.47. The van der Waals surface area contributed by atoms with Gasteiger partial charge in [0.15, 0.2) is 0 Å². The molecule has 3 rings (SSSR count). The predicted octanol–water partition coefficient (Wildman–Crippen LogP) is 3.15. The summed E-state index contributed by atoms with van der Waals surface area (Å²) in [5.74, 6) is 1.59. The lowest BCUT2D eigenvalue weighted by atomic mass is 10.2. The Morgan fingerprint density at radius 1 is 1.27 bits per heavy atom. The van der Waals surface area contributed by atoms with Crippen LogP contribution in [0.15, 0.2) is 34.7 Å². The molecule has 0 saturated carbocycles. The zero-order valence-corrected chi connectivity index (χ0v) is 15.9. The number of nitrogens with one attached hydrogen (secondary N) is 1. The van der Waals surface area contributed by atoms with Crippen LogP contribution in [0.25, 0.3) is 0 Å². The van der Waals surface area contributed by atoms with E-state index in [2.05, 4.69) is 10.2 Å². The normalized spacial score (nSPS) is 14.3. The number of hydrogen-bond acceptors (Lipinski definition) is 5. The van der Waals surface area contributed by atoms with Gasteiger partial charge in [0.2, 0.25) is 5.91 Å². The minimum absolute atomic E-state index is 0.0213. The number of morpholine rings is 1. The topological polar surface area (TPSA) is 58.0 Å². The van der Waals surface area contributed by atoms with E-state index in [-0.39, 0.29) is 12.5 Å². The number of nitrogens with zero attached hydrogens (tertiary/aromatic N) is 2. The monoisotopic (exact) mass is 377 g/mol. The quantitative estimate of drug-likeness (QED) is 0.838. The van der Waals surface area contributed by atoms with Gasteiger partial charge in [-0.05, 0) is 37.3 Å². The van der Waals surface area contributed by atoms with Crippen molar-refractivity contribution in [2.75, 3.05) is 50.1 Å². The van der Waals surface area contributed by atoms with Crippen LogP contribution in [0.3, 0.4) is 0 Å². The Bertz CT molecular complexity index is 756. The zero-order chi connectivity index (χ0) is 18.5. The van der Waals surface area contributed by atoms with E-state index >= 15 is 0 Å². The smallest absolute Gasteiger partial charge is 0.242 e. The minimum Gasteiger partial charge on any atom is -0.464 e. The van der Waals surface area contributed by atoms with Crippen molar-refractivity contribution in [3.63, 3.8) is 0 Å². The highest BCUT2D eigenvalue weighted by Gasteiger charge is 2.17. The molecule has 1 aliphatic heterocycles. The van der Waals surface area contributed by atoms with E-state index in [1.54, 1.807) is 11.9 Å². The lowest BCUT2D eigenvalue weighted by molar-refractivity contribution is -0.128. The van der Waals surface area contributed by atoms with Crippen molar-refractivity contribution in [3.8, 4) is 0 Å². The molecule has 7 heteroatoms. The number of hydrogen-bond donors (Lipinski definition) is 1. The van der Waals surface area contributed by atoms with Crippen molar-refractivity contribution in [1.82, 2.24) is 4.90 Å². The molecule has 0 bridgehead atoms. The molecule has 0 atom stereocenters. The number of anilines is 2. The van der Waals surface area contributed by atoms with E-state index in [4.69, 9.17) is 20.8 Å². The van der Waals surface area contributed by atoms with Crippen molar-refractivity contribution in [1.29, 1.82) is 0 Å². The summed E-state index contributed by atoms with van der Waals surface area (Å²) in [7, 11) is 1.77. The van der Waals surface area contributed by atoms with Crippen molar-refractivity contribution in [2.45, 2.75) is 13.5 Å². The molecule has 1 amide bonds. The molecule has 1 aliphatic rings. The van der Waals surface area contributed by atoms with Crippen molar-refractivity contribution in [3.05, 3.63) is 46.9 Å². The van der Waals surface area contributed by atoms with Gasteiger partial charge in [-0.1, -0.05) is 11.6 Å². The molecule has 1 aromatic heterocycles. The highest BCUT2D eigenvalue weighted by molar-refractivity contribution is 6.31. The number of aryl methyl sites for hydroxylation is 1. The number of ether oxygens (including phenoxy) is 1. The predicted molar refractivity (Wildman–Crippen MR) is 103 cm³/mol. The van der Waals surface area contributed by atoms with Crippen LogP contribution in [0.1, 0.15) is 11.5 Å². The molecular formula is C19H24ClN3O3. The minimum atomic E-state index is -0.0213. The first-order valence-corrected chi connectivity index (χ1v) is 9.06. The first kappa shape index (κ1) is 18.6. The highest BCUT2D eigenvalue weighted by atomic mass is 35.5. The van der Waals surface area contributed by atoms with E-state index in [1.165, 1.54) is 0 Å². The van der Waals surface area contributed by atoms with Gasteiger partial charge in [-0.25, -0.2) is 0 Å². The summed E-state index contributed by atoms with van der Waals surface area (Å²) in [4.78, 5) is 16.3. The van der Waals surface area contributed by atoms with Crippen LogP contribution in [-0.2, 0) is 16.1 Å². The van der Waals surface area contributed by atoms with E-state index in [0.717, 1.165) is 36.0 Å².